The van der Waals surface area contributed by atoms with Gasteiger partial charge in [-0.15, -0.1) is 0 Å². The second-order valence-electron chi connectivity index (χ2n) is 11.2. The second kappa shape index (κ2) is 9.69. The summed E-state index contributed by atoms with van der Waals surface area (Å²) in [6.45, 7) is 4.91. The summed E-state index contributed by atoms with van der Waals surface area (Å²) in [5.74, 6) is -4.54. The van der Waals surface area contributed by atoms with Crippen molar-refractivity contribution in [1.29, 1.82) is 5.26 Å². The lowest BCUT2D eigenvalue weighted by molar-refractivity contribution is -0.171. The first kappa shape index (κ1) is 28.1. The van der Waals surface area contributed by atoms with Gasteiger partial charge in [0.25, 0.3) is 5.91 Å². The molecular formula is C25H29F3N6O5. The van der Waals surface area contributed by atoms with Crippen molar-refractivity contribution in [2.24, 2.45) is 11.3 Å². The number of amides is 4. The predicted molar refractivity (Wildman–Crippen MR) is 129 cm³/mol. The van der Waals surface area contributed by atoms with Gasteiger partial charge >= 0.3 is 6.18 Å². The second-order valence-corrected chi connectivity index (χ2v) is 11.2. The number of anilines is 1. The molecule has 210 valence electrons. The van der Waals surface area contributed by atoms with Gasteiger partial charge in [0.1, 0.15) is 18.1 Å². The molecule has 1 aromatic heterocycles. The molecule has 5 unspecified atom stereocenters. The Labute approximate surface area is 222 Å². The Morgan fingerprint density at radius 1 is 1.28 bits per heavy atom. The normalized spacial score (nSPS) is 27.3. The van der Waals surface area contributed by atoms with Crippen molar-refractivity contribution in [3.63, 3.8) is 0 Å². The molecule has 0 saturated carbocycles. The highest BCUT2D eigenvalue weighted by Gasteiger charge is 2.59. The maximum atomic E-state index is 13.8. The number of ether oxygens (including phenoxy) is 1. The van der Waals surface area contributed by atoms with Gasteiger partial charge in [-0.2, -0.15) is 18.4 Å². The molecule has 3 aliphatic rings. The van der Waals surface area contributed by atoms with Crippen LogP contribution < -0.4 is 15.4 Å². The Morgan fingerprint density at radius 2 is 1.97 bits per heavy atom. The smallest absolute Gasteiger partial charge is 0.393 e. The third kappa shape index (κ3) is 5.22. The minimum Gasteiger partial charge on any atom is -0.472 e. The molecule has 0 aromatic carbocycles. The average Bonchev–Trinajstić information content (AvgIpc) is 3.45. The van der Waals surface area contributed by atoms with Gasteiger partial charge in [0.05, 0.1) is 18.5 Å². The molecule has 39 heavy (non-hydrogen) atoms. The van der Waals surface area contributed by atoms with Crippen LogP contribution in [0, 0.1) is 22.7 Å². The number of carbonyl (C=O) groups is 4. The molecule has 4 amide bonds. The number of likely N-dealkylation sites (tertiary alicyclic amines) is 2. The van der Waals surface area contributed by atoms with Crippen molar-refractivity contribution in [3.05, 3.63) is 18.3 Å². The number of rotatable bonds is 3. The molecule has 2 saturated heterocycles. The van der Waals surface area contributed by atoms with E-state index in [-0.39, 0.29) is 18.0 Å². The number of fused-ring (bicyclic) bond motifs is 1. The number of halogens is 3. The Kier molecular flexibility index (Phi) is 6.99. The monoisotopic (exact) mass is 550 g/mol. The van der Waals surface area contributed by atoms with E-state index in [4.69, 9.17) is 4.74 Å². The van der Waals surface area contributed by atoms with Crippen LogP contribution in [0.5, 0.6) is 5.75 Å². The molecule has 11 nitrogen and oxygen atoms in total. The van der Waals surface area contributed by atoms with Gasteiger partial charge in [-0.05, 0) is 24.0 Å². The highest BCUT2D eigenvalue weighted by molar-refractivity contribution is 6.01. The van der Waals surface area contributed by atoms with Crippen LogP contribution in [0.15, 0.2) is 18.3 Å². The molecular weight excluding hydrogens is 521 g/mol. The molecule has 2 fully saturated rings. The lowest BCUT2D eigenvalue weighted by Gasteiger charge is -2.36. The van der Waals surface area contributed by atoms with Crippen molar-refractivity contribution < 1.29 is 37.1 Å². The summed E-state index contributed by atoms with van der Waals surface area (Å²) in [4.78, 5) is 58.1. The van der Waals surface area contributed by atoms with Crippen LogP contribution in [0.25, 0.3) is 0 Å². The van der Waals surface area contributed by atoms with Crippen molar-refractivity contribution in [2.45, 2.75) is 70.4 Å². The quantitative estimate of drug-likeness (QED) is 0.582. The molecule has 3 aliphatic heterocycles. The fourth-order valence-corrected chi connectivity index (χ4v) is 5.26. The molecule has 1 spiro atoms. The number of alkyl halides is 3. The van der Waals surface area contributed by atoms with Crippen molar-refractivity contribution in [3.8, 4) is 11.8 Å². The summed E-state index contributed by atoms with van der Waals surface area (Å²) < 4.78 is 47.4. The number of aromatic nitrogens is 1. The van der Waals surface area contributed by atoms with Crippen LogP contribution in [0.2, 0.25) is 0 Å². The SMILES string of the molecule is CC(=O)NC(C(=O)N1CC(C(F)(F)F)CC1C(=O)N1CC2(CC1C#N)Oc1cccnc1NC2=O)C(C)(C)C. The fraction of sp³-hybridized carbons (Fsp3) is 0.600. The molecule has 2 N–H and O–H groups in total. The number of hydrogen-bond donors (Lipinski definition) is 2. The fourth-order valence-electron chi connectivity index (χ4n) is 5.26. The van der Waals surface area contributed by atoms with Crippen molar-refractivity contribution >= 4 is 29.4 Å². The van der Waals surface area contributed by atoms with Crippen LogP contribution >= 0.6 is 0 Å². The first-order valence-corrected chi connectivity index (χ1v) is 12.4. The van der Waals surface area contributed by atoms with Gasteiger partial charge in [0.15, 0.2) is 11.6 Å². The summed E-state index contributed by atoms with van der Waals surface area (Å²) in [6.07, 6.45) is -4.19. The van der Waals surface area contributed by atoms with E-state index in [1.807, 2.05) is 6.07 Å². The molecule has 0 radical (unpaired) electrons. The first-order valence-electron chi connectivity index (χ1n) is 12.4. The number of hydrogen-bond acceptors (Lipinski definition) is 7. The zero-order valence-electron chi connectivity index (χ0n) is 21.8. The van der Waals surface area contributed by atoms with E-state index in [2.05, 4.69) is 15.6 Å². The van der Waals surface area contributed by atoms with E-state index in [1.165, 1.54) is 13.1 Å². The summed E-state index contributed by atoms with van der Waals surface area (Å²) in [7, 11) is 0. The Hall–Kier alpha value is -3.89. The molecule has 5 atom stereocenters. The summed E-state index contributed by atoms with van der Waals surface area (Å²) in [5, 5.41) is 14.9. The Balaban J connectivity index is 1.66. The largest absolute Gasteiger partial charge is 0.472 e. The zero-order chi connectivity index (χ0) is 28.9. The van der Waals surface area contributed by atoms with Crippen molar-refractivity contribution in [2.75, 3.05) is 18.4 Å². The molecule has 4 heterocycles. The lowest BCUT2D eigenvalue weighted by Crippen LogP contribution is -2.58. The van der Waals surface area contributed by atoms with Gasteiger partial charge in [0.2, 0.25) is 23.3 Å². The first-order chi connectivity index (χ1) is 18.1. The van der Waals surface area contributed by atoms with Crippen molar-refractivity contribution in [1.82, 2.24) is 20.1 Å². The number of nitrogens with zero attached hydrogens (tertiary/aromatic N) is 4. The molecule has 0 bridgehead atoms. The highest BCUT2D eigenvalue weighted by atomic mass is 19.4. The summed E-state index contributed by atoms with van der Waals surface area (Å²) in [6, 6.07) is 1.10. The number of nitrogens with one attached hydrogen (secondary N) is 2. The van der Waals surface area contributed by atoms with Gasteiger partial charge in [-0.25, -0.2) is 4.98 Å². The van der Waals surface area contributed by atoms with E-state index in [1.54, 1.807) is 32.9 Å². The van der Waals surface area contributed by atoms with Crippen LogP contribution in [0.4, 0.5) is 19.0 Å². The Bertz CT molecular complexity index is 1240. The summed E-state index contributed by atoms with van der Waals surface area (Å²) in [5.41, 5.74) is -2.54. The minimum atomic E-state index is -4.69. The van der Waals surface area contributed by atoms with Crippen LogP contribution in [0.1, 0.15) is 40.5 Å². The van der Waals surface area contributed by atoms with E-state index in [9.17, 15) is 37.6 Å². The third-order valence-corrected chi connectivity index (χ3v) is 7.27. The topological polar surface area (TPSA) is 145 Å². The third-order valence-electron chi connectivity index (χ3n) is 7.27. The van der Waals surface area contributed by atoms with E-state index < -0.39 is 84.4 Å². The maximum Gasteiger partial charge on any atom is 0.393 e. The van der Waals surface area contributed by atoms with Crippen LogP contribution in [0.3, 0.4) is 0 Å². The standard InChI is InChI=1S/C25H29F3N6O5/c1-13(35)31-18(23(2,3)4)21(37)33-11-14(25(26,27)28)8-16(33)20(36)34-12-24(9-15(34)10-29)22(38)32-19-17(39-24)6-5-7-30-19/h5-7,14-16,18H,8-9,11-12H2,1-4H3,(H,31,35)(H,30,32,38). The van der Waals surface area contributed by atoms with E-state index in [0.717, 1.165) is 9.80 Å². The molecule has 1 aromatic rings. The average molecular weight is 551 g/mol. The van der Waals surface area contributed by atoms with Gasteiger partial charge in [0, 0.05) is 26.1 Å². The maximum absolute atomic E-state index is 13.8. The lowest BCUT2D eigenvalue weighted by atomic mass is 9.85. The van der Waals surface area contributed by atoms with E-state index in [0.29, 0.717) is 0 Å². The van der Waals surface area contributed by atoms with Gasteiger partial charge < -0.3 is 25.2 Å². The zero-order valence-corrected chi connectivity index (χ0v) is 21.8. The van der Waals surface area contributed by atoms with Crippen LogP contribution in [-0.4, -0.2) is 81.4 Å². The van der Waals surface area contributed by atoms with Gasteiger partial charge in [-0.3, -0.25) is 19.2 Å². The highest BCUT2D eigenvalue weighted by Crippen LogP contribution is 2.42. The van der Waals surface area contributed by atoms with Crippen LogP contribution in [-0.2, 0) is 19.2 Å². The predicted octanol–water partition coefficient (Wildman–Crippen LogP) is 1.61. The molecule has 0 aliphatic carbocycles. The molecule has 14 heteroatoms. The van der Waals surface area contributed by atoms with Gasteiger partial charge in [-0.1, -0.05) is 20.8 Å². The summed E-state index contributed by atoms with van der Waals surface area (Å²) >= 11 is 0. The molecule has 4 rings (SSSR count). The minimum absolute atomic E-state index is 0.165. The van der Waals surface area contributed by atoms with E-state index >= 15 is 0 Å². The number of pyridine rings is 1. The number of nitriles is 1. The Morgan fingerprint density at radius 3 is 2.56 bits per heavy atom. The number of carbonyl (C=O) groups excluding carboxylic acids is 4.